The van der Waals surface area contributed by atoms with Crippen LogP contribution in [-0.2, 0) is 9.84 Å². The molecule has 0 saturated carbocycles. The van der Waals surface area contributed by atoms with E-state index in [-0.39, 0.29) is 29.5 Å². The summed E-state index contributed by atoms with van der Waals surface area (Å²) in [7, 11) is -3.01. The smallest absolute Gasteiger partial charge is 0.273 e. The summed E-state index contributed by atoms with van der Waals surface area (Å²) in [6, 6.07) is -0.443. The Morgan fingerprint density at radius 3 is 2.80 bits per heavy atom. The van der Waals surface area contributed by atoms with Gasteiger partial charge in [0.2, 0.25) is 0 Å². The molecule has 2 atom stereocenters. The molecule has 8 heteroatoms. The van der Waals surface area contributed by atoms with Crippen LogP contribution in [0.5, 0.6) is 0 Å². The van der Waals surface area contributed by atoms with E-state index < -0.39 is 9.84 Å². The molecule has 1 aliphatic rings. The summed E-state index contributed by atoms with van der Waals surface area (Å²) in [5.74, 6) is -0.00162. The van der Waals surface area contributed by atoms with Crippen LogP contribution in [0.3, 0.4) is 0 Å². The SMILES string of the molecule is CCN(C(=O)c1csc(C(C)N)n1)C1CCS(=O)(=O)C1. The second-order valence-electron chi connectivity index (χ2n) is 5.01. The van der Waals surface area contributed by atoms with E-state index in [1.54, 1.807) is 10.3 Å². The normalized spacial score (nSPS) is 22.6. The molecule has 1 aromatic heterocycles. The van der Waals surface area contributed by atoms with Crippen molar-refractivity contribution in [3.05, 3.63) is 16.1 Å². The number of nitrogens with two attached hydrogens (primary N) is 1. The molecule has 0 spiro atoms. The quantitative estimate of drug-likeness (QED) is 0.887. The second kappa shape index (κ2) is 5.79. The van der Waals surface area contributed by atoms with E-state index >= 15 is 0 Å². The van der Waals surface area contributed by atoms with Gasteiger partial charge in [0.15, 0.2) is 9.84 Å². The number of aromatic nitrogens is 1. The van der Waals surface area contributed by atoms with Crippen molar-refractivity contribution in [1.82, 2.24) is 9.88 Å². The number of nitrogens with zero attached hydrogens (tertiary/aromatic N) is 2. The molecule has 1 aromatic rings. The van der Waals surface area contributed by atoms with Gasteiger partial charge in [0.25, 0.3) is 5.91 Å². The van der Waals surface area contributed by atoms with Gasteiger partial charge in [-0.25, -0.2) is 13.4 Å². The molecule has 1 fully saturated rings. The van der Waals surface area contributed by atoms with E-state index in [0.29, 0.717) is 23.7 Å². The monoisotopic (exact) mass is 317 g/mol. The Morgan fingerprint density at radius 1 is 1.65 bits per heavy atom. The molecule has 0 bridgehead atoms. The van der Waals surface area contributed by atoms with Crippen molar-refractivity contribution in [2.75, 3.05) is 18.1 Å². The third-order valence-corrected chi connectivity index (χ3v) is 6.18. The number of rotatable bonds is 4. The first-order valence-electron chi connectivity index (χ1n) is 6.56. The number of hydrogen-bond acceptors (Lipinski definition) is 6. The van der Waals surface area contributed by atoms with Crippen LogP contribution in [0.25, 0.3) is 0 Å². The summed E-state index contributed by atoms with van der Waals surface area (Å²) in [6.45, 7) is 4.14. The fourth-order valence-electron chi connectivity index (χ4n) is 2.33. The summed E-state index contributed by atoms with van der Waals surface area (Å²) in [5.41, 5.74) is 6.09. The number of thiazole rings is 1. The van der Waals surface area contributed by atoms with Crippen LogP contribution in [0.1, 0.15) is 41.8 Å². The molecule has 2 unspecified atom stereocenters. The average Bonchev–Trinajstić information content (AvgIpc) is 2.97. The Bertz CT molecular complexity index is 595. The van der Waals surface area contributed by atoms with Gasteiger partial charge < -0.3 is 10.6 Å². The first kappa shape index (κ1) is 15.4. The number of hydrogen-bond donors (Lipinski definition) is 1. The van der Waals surface area contributed by atoms with Crippen molar-refractivity contribution < 1.29 is 13.2 Å². The Labute approximate surface area is 122 Å². The van der Waals surface area contributed by atoms with E-state index in [2.05, 4.69) is 4.98 Å². The standard InChI is InChI=1S/C12H19N3O3S2/c1-3-15(9-4-5-20(17,18)7-9)12(16)10-6-19-11(14-10)8(2)13/h6,8-9H,3-5,7,13H2,1-2H3. The largest absolute Gasteiger partial charge is 0.334 e. The lowest BCUT2D eigenvalue weighted by Crippen LogP contribution is -2.41. The molecule has 0 radical (unpaired) electrons. The molecular weight excluding hydrogens is 298 g/mol. The van der Waals surface area contributed by atoms with Crippen LogP contribution >= 0.6 is 11.3 Å². The Balaban J connectivity index is 2.16. The highest BCUT2D eigenvalue weighted by atomic mass is 32.2. The van der Waals surface area contributed by atoms with Gasteiger partial charge in [-0.3, -0.25) is 4.79 Å². The maximum Gasteiger partial charge on any atom is 0.273 e. The highest BCUT2D eigenvalue weighted by Crippen LogP contribution is 2.22. The molecule has 112 valence electrons. The molecule has 2 rings (SSSR count). The van der Waals surface area contributed by atoms with Crippen LogP contribution in [0.15, 0.2) is 5.38 Å². The van der Waals surface area contributed by atoms with Crippen LogP contribution in [-0.4, -0.2) is 48.3 Å². The predicted octanol–water partition coefficient (Wildman–Crippen LogP) is 0.812. The van der Waals surface area contributed by atoms with E-state index in [1.165, 1.54) is 11.3 Å². The van der Waals surface area contributed by atoms with Crippen LogP contribution in [0, 0.1) is 0 Å². The van der Waals surface area contributed by atoms with Gasteiger partial charge in [0.1, 0.15) is 10.7 Å². The first-order chi connectivity index (χ1) is 9.34. The number of carbonyl (C=O) groups excluding carboxylic acids is 1. The van der Waals surface area contributed by atoms with E-state index in [0.717, 1.165) is 0 Å². The Hall–Kier alpha value is -0.990. The van der Waals surface area contributed by atoms with Crippen LogP contribution in [0.4, 0.5) is 0 Å². The topological polar surface area (TPSA) is 93.4 Å². The van der Waals surface area contributed by atoms with Gasteiger partial charge in [-0.1, -0.05) is 0 Å². The van der Waals surface area contributed by atoms with Crippen molar-refractivity contribution in [2.24, 2.45) is 5.73 Å². The molecule has 1 saturated heterocycles. The third kappa shape index (κ3) is 3.18. The summed E-state index contributed by atoms with van der Waals surface area (Å²) < 4.78 is 23.1. The summed E-state index contributed by atoms with van der Waals surface area (Å²) in [5, 5.41) is 2.40. The molecule has 1 aliphatic heterocycles. The minimum atomic E-state index is -3.01. The van der Waals surface area contributed by atoms with Gasteiger partial charge in [-0.05, 0) is 20.3 Å². The van der Waals surface area contributed by atoms with E-state index in [4.69, 9.17) is 5.73 Å². The highest BCUT2D eigenvalue weighted by molar-refractivity contribution is 7.91. The molecule has 1 amide bonds. The minimum Gasteiger partial charge on any atom is -0.334 e. The fourth-order valence-corrected chi connectivity index (χ4v) is 4.81. The van der Waals surface area contributed by atoms with Crippen LogP contribution < -0.4 is 5.73 Å². The van der Waals surface area contributed by atoms with Crippen LogP contribution in [0.2, 0.25) is 0 Å². The Kier molecular flexibility index (Phi) is 4.46. The molecular formula is C12H19N3O3S2. The molecule has 2 heterocycles. The highest BCUT2D eigenvalue weighted by Gasteiger charge is 2.34. The molecule has 6 nitrogen and oxygen atoms in total. The number of amides is 1. The fraction of sp³-hybridized carbons (Fsp3) is 0.667. The second-order valence-corrected chi connectivity index (χ2v) is 8.13. The lowest BCUT2D eigenvalue weighted by Gasteiger charge is -2.26. The number of sulfone groups is 1. The van der Waals surface area contributed by atoms with Gasteiger partial charge in [0.05, 0.1) is 17.5 Å². The van der Waals surface area contributed by atoms with Crippen molar-refractivity contribution in [3.8, 4) is 0 Å². The lowest BCUT2D eigenvalue weighted by molar-refractivity contribution is 0.0703. The number of carbonyl (C=O) groups is 1. The van der Waals surface area contributed by atoms with Crippen molar-refractivity contribution in [2.45, 2.75) is 32.4 Å². The third-order valence-electron chi connectivity index (χ3n) is 3.38. The zero-order valence-corrected chi connectivity index (χ0v) is 13.2. The van der Waals surface area contributed by atoms with Gasteiger partial charge >= 0.3 is 0 Å². The summed E-state index contributed by atoms with van der Waals surface area (Å²) in [6.07, 6.45) is 0.506. The predicted molar refractivity (Wildman–Crippen MR) is 78.5 cm³/mol. The summed E-state index contributed by atoms with van der Waals surface area (Å²) >= 11 is 1.35. The van der Waals surface area contributed by atoms with Crippen molar-refractivity contribution >= 4 is 27.1 Å². The molecule has 0 aromatic carbocycles. The Morgan fingerprint density at radius 2 is 2.35 bits per heavy atom. The van der Waals surface area contributed by atoms with Gasteiger partial charge in [0, 0.05) is 18.0 Å². The lowest BCUT2D eigenvalue weighted by atomic mass is 10.2. The average molecular weight is 317 g/mol. The van der Waals surface area contributed by atoms with Gasteiger partial charge in [-0.2, -0.15) is 0 Å². The zero-order chi connectivity index (χ0) is 14.9. The maximum atomic E-state index is 12.4. The molecule has 2 N–H and O–H groups in total. The van der Waals surface area contributed by atoms with E-state index in [1.807, 2.05) is 13.8 Å². The molecule has 20 heavy (non-hydrogen) atoms. The minimum absolute atomic E-state index is 0.0524. The molecule has 0 aliphatic carbocycles. The first-order valence-corrected chi connectivity index (χ1v) is 9.26. The maximum absolute atomic E-state index is 12.4. The van der Waals surface area contributed by atoms with Crippen molar-refractivity contribution in [3.63, 3.8) is 0 Å². The summed E-state index contributed by atoms with van der Waals surface area (Å²) in [4.78, 5) is 18.3. The van der Waals surface area contributed by atoms with Gasteiger partial charge in [-0.15, -0.1) is 11.3 Å². The van der Waals surface area contributed by atoms with E-state index in [9.17, 15) is 13.2 Å². The van der Waals surface area contributed by atoms with Crippen molar-refractivity contribution in [1.29, 1.82) is 0 Å². The zero-order valence-electron chi connectivity index (χ0n) is 11.6.